The van der Waals surface area contributed by atoms with E-state index in [0.717, 1.165) is 5.57 Å². The van der Waals surface area contributed by atoms with Crippen molar-refractivity contribution in [3.05, 3.63) is 53.1 Å². The lowest BCUT2D eigenvalue weighted by Gasteiger charge is -2.33. The lowest BCUT2D eigenvalue weighted by atomic mass is 10.0. The van der Waals surface area contributed by atoms with Crippen LogP contribution in [0, 0.1) is 11.6 Å². The summed E-state index contributed by atoms with van der Waals surface area (Å²) in [7, 11) is 0. The second-order valence-electron chi connectivity index (χ2n) is 4.19. The van der Waals surface area contributed by atoms with Gasteiger partial charge in [-0.1, -0.05) is 12.1 Å². The average molecular weight is 251 g/mol. The van der Waals surface area contributed by atoms with Crippen molar-refractivity contribution < 1.29 is 13.9 Å². The molecule has 18 heavy (non-hydrogen) atoms. The van der Waals surface area contributed by atoms with Gasteiger partial charge in [0.05, 0.1) is 11.3 Å². The van der Waals surface area contributed by atoms with Crippen LogP contribution in [-0.4, -0.2) is 22.8 Å². The fraction of sp³-hybridized carbons (Fsp3) is 0.286. The molecule has 1 aromatic carbocycles. The molecule has 0 bridgehead atoms. The van der Waals surface area contributed by atoms with Crippen molar-refractivity contribution in [2.24, 2.45) is 0 Å². The van der Waals surface area contributed by atoms with Gasteiger partial charge in [-0.15, -0.1) is 0 Å². The van der Waals surface area contributed by atoms with Gasteiger partial charge in [-0.25, -0.2) is 8.78 Å². The van der Waals surface area contributed by atoms with Gasteiger partial charge in [-0.05, 0) is 37.6 Å². The van der Waals surface area contributed by atoms with E-state index < -0.39 is 17.9 Å². The number of allylic oxidation sites excluding steroid dienone is 2. The van der Waals surface area contributed by atoms with E-state index in [2.05, 4.69) is 0 Å². The maximum atomic E-state index is 13.8. The Balaban J connectivity index is 2.63. The Kier molecular flexibility index (Phi) is 3.48. The van der Waals surface area contributed by atoms with E-state index in [1.807, 2.05) is 6.92 Å². The molecule has 0 radical (unpaired) electrons. The molecule has 2 nitrogen and oxygen atoms in total. The Hall–Kier alpha value is -1.68. The Morgan fingerprint density at radius 1 is 1.28 bits per heavy atom. The van der Waals surface area contributed by atoms with Crippen LogP contribution in [0.5, 0.6) is 0 Å². The van der Waals surface area contributed by atoms with Crippen molar-refractivity contribution in [2.45, 2.75) is 20.1 Å². The zero-order valence-electron chi connectivity index (χ0n) is 10.3. The third-order valence-electron chi connectivity index (χ3n) is 3.04. The molecule has 1 unspecified atom stereocenters. The van der Waals surface area contributed by atoms with E-state index in [9.17, 15) is 13.9 Å². The fourth-order valence-electron chi connectivity index (χ4n) is 2.18. The van der Waals surface area contributed by atoms with Gasteiger partial charge in [-0.3, -0.25) is 0 Å². The zero-order valence-corrected chi connectivity index (χ0v) is 10.3. The molecule has 96 valence electrons. The molecular weight excluding hydrogens is 236 g/mol. The van der Waals surface area contributed by atoms with E-state index >= 15 is 0 Å². The molecule has 0 spiro atoms. The number of nitrogens with zero attached hydrogens (tertiary/aromatic N) is 1. The number of rotatable bonds is 2. The summed E-state index contributed by atoms with van der Waals surface area (Å²) in [5.74, 6) is -1.24. The highest BCUT2D eigenvalue weighted by Gasteiger charge is 2.25. The van der Waals surface area contributed by atoms with Gasteiger partial charge in [0.2, 0.25) is 0 Å². The van der Waals surface area contributed by atoms with Crippen LogP contribution in [0.3, 0.4) is 0 Å². The molecule has 2 rings (SSSR count). The highest BCUT2D eigenvalue weighted by Crippen LogP contribution is 2.32. The first kappa shape index (κ1) is 12.8. The van der Waals surface area contributed by atoms with Gasteiger partial charge >= 0.3 is 0 Å². The van der Waals surface area contributed by atoms with Crippen molar-refractivity contribution in [3.63, 3.8) is 0 Å². The van der Waals surface area contributed by atoms with Crippen molar-refractivity contribution in [1.82, 2.24) is 4.90 Å². The van der Waals surface area contributed by atoms with Gasteiger partial charge in [0.25, 0.3) is 0 Å². The molecule has 1 heterocycles. The Bertz CT molecular complexity index is 502. The number of aliphatic hydroxyl groups excluding tert-OH is 1. The molecule has 0 fully saturated rings. The topological polar surface area (TPSA) is 23.5 Å². The second-order valence-corrected chi connectivity index (χ2v) is 4.19. The molecule has 0 amide bonds. The zero-order chi connectivity index (χ0) is 13.3. The van der Waals surface area contributed by atoms with Crippen LogP contribution in [0.2, 0.25) is 0 Å². The Labute approximate surface area is 105 Å². The summed E-state index contributed by atoms with van der Waals surface area (Å²) in [6.07, 6.45) is 2.42. The summed E-state index contributed by atoms with van der Waals surface area (Å²) < 4.78 is 27.7. The molecule has 1 atom stereocenters. The predicted molar refractivity (Wildman–Crippen MR) is 66.5 cm³/mol. The van der Waals surface area contributed by atoms with E-state index in [-0.39, 0.29) is 5.56 Å². The summed E-state index contributed by atoms with van der Waals surface area (Å²) in [5, 5.41) is 9.86. The first-order valence-corrected chi connectivity index (χ1v) is 5.84. The SMILES string of the molecule is CCN1C(c2c(F)cccc2F)=C(C)C=CC1O. The lowest BCUT2D eigenvalue weighted by Crippen LogP contribution is -2.35. The van der Waals surface area contributed by atoms with Crippen LogP contribution >= 0.6 is 0 Å². The minimum atomic E-state index is -0.854. The van der Waals surface area contributed by atoms with Gasteiger partial charge in [-0.2, -0.15) is 0 Å². The molecule has 1 aliphatic heterocycles. The van der Waals surface area contributed by atoms with Crippen molar-refractivity contribution in [3.8, 4) is 0 Å². The first-order chi connectivity index (χ1) is 8.56. The molecule has 0 saturated carbocycles. The van der Waals surface area contributed by atoms with Crippen molar-refractivity contribution in [2.75, 3.05) is 6.54 Å². The quantitative estimate of drug-likeness (QED) is 0.873. The molecule has 4 heteroatoms. The maximum Gasteiger partial charge on any atom is 0.146 e. The number of hydrogen-bond acceptors (Lipinski definition) is 2. The number of hydrogen-bond donors (Lipinski definition) is 1. The van der Waals surface area contributed by atoms with Crippen molar-refractivity contribution in [1.29, 1.82) is 0 Å². The molecule has 1 aromatic rings. The molecule has 1 aliphatic rings. The third kappa shape index (κ3) is 2.04. The molecule has 1 N–H and O–H groups in total. The first-order valence-electron chi connectivity index (χ1n) is 5.84. The van der Waals surface area contributed by atoms with E-state index in [1.54, 1.807) is 24.0 Å². The smallest absolute Gasteiger partial charge is 0.146 e. The summed E-state index contributed by atoms with van der Waals surface area (Å²) in [5.41, 5.74) is 1.05. The van der Waals surface area contributed by atoms with Crippen molar-refractivity contribution >= 4 is 5.70 Å². The number of halogens is 2. The average Bonchev–Trinajstić information content (AvgIpc) is 2.33. The van der Waals surface area contributed by atoms with E-state index in [1.165, 1.54) is 18.2 Å². The van der Waals surface area contributed by atoms with Gasteiger partial charge in [0.1, 0.15) is 17.9 Å². The number of benzene rings is 1. The minimum Gasteiger partial charge on any atom is -0.370 e. The molecule has 0 saturated heterocycles. The Morgan fingerprint density at radius 3 is 2.44 bits per heavy atom. The monoisotopic (exact) mass is 251 g/mol. The summed E-state index contributed by atoms with van der Waals surface area (Å²) in [4.78, 5) is 1.57. The van der Waals surface area contributed by atoms with Crippen LogP contribution in [0.1, 0.15) is 19.4 Å². The van der Waals surface area contributed by atoms with Crippen LogP contribution in [0.4, 0.5) is 8.78 Å². The van der Waals surface area contributed by atoms with Crippen LogP contribution in [0.15, 0.2) is 35.9 Å². The van der Waals surface area contributed by atoms with Crippen LogP contribution in [-0.2, 0) is 0 Å². The van der Waals surface area contributed by atoms with Gasteiger partial charge in [0.15, 0.2) is 0 Å². The van der Waals surface area contributed by atoms with Gasteiger partial charge in [0, 0.05) is 6.54 Å². The van der Waals surface area contributed by atoms with Gasteiger partial charge < -0.3 is 10.0 Å². The highest BCUT2D eigenvalue weighted by atomic mass is 19.1. The van der Waals surface area contributed by atoms with E-state index in [0.29, 0.717) is 12.2 Å². The molecule has 0 aliphatic carbocycles. The summed E-state index contributed by atoms with van der Waals surface area (Å²) in [6, 6.07) is 3.77. The van der Waals surface area contributed by atoms with E-state index in [4.69, 9.17) is 0 Å². The van der Waals surface area contributed by atoms with Crippen LogP contribution < -0.4 is 0 Å². The molecule has 0 aromatic heterocycles. The predicted octanol–water partition coefficient (Wildman–Crippen LogP) is 2.91. The lowest BCUT2D eigenvalue weighted by molar-refractivity contribution is 0.0894. The minimum absolute atomic E-state index is 0.0831. The Morgan fingerprint density at radius 2 is 1.89 bits per heavy atom. The summed E-state index contributed by atoms with van der Waals surface area (Å²) in [6.45, 7) is 4.06. The fourth-order valence-corrected chi connectivity index (χ4v) is 2.18. The standard InChI is InChI=1S/C14H15F2NO/c1-3-17-12(18)8-7-9(2)14(17)13-10(15)5-4-6-11(13)16/h4-8,12,18H,3H2,1-2H3. The number of aliphatic hydroxyl groups is 1. The highest BCUT2D eigenvalue weighted by molar-refractivity contribution is 5.71. The summed E-state index contributed by atoms with van der Waals surface area (Å²) >= 11 is 0. The third-order valence-corrected chi connectivity index (χ3v) is 3.04. The van der Waals surface area contributed by atoms with Crippen LogP contribution in [0.25, 0.3) is 5.70 Å². The second kappa shape index (κ2) is 4.90. The normalized spacial score (nSPS) is 19.6. The number of likely N-dealkylation sites (N-methyl/N-ethyl adjacent to an activating group) is 1. The largest absolute Gasteiger partial charge is 0.370 e. The molecular formula is C14H15F2NO. The maximum absolute atomic E-state index is 13.8.